The van der Waals surface area contributed by atoms with Crippen molar-refractivity contribution < 1.29 is 22.7 Å². The van der Waals surface area contributed by atoms with Gasteiger partial charge in [-0.2, -0.15) is 4.31 Å². The van der Waals surface area contributed by atoms with Gasteiger partial charge in [0.25, 0.3) is 5.91 Å². The second-order valence-corrected chi connectivity index (χ2v) is 8.84. The number of carbonyl (C=O) groups excluding carboxylic acids is 1. The topological polar surface area (TPSA) is 84.9 Å². The summed E-state index contributed by atoms with van der Waals surface area (Å²) in [5.74, 6) is 0.156. The lowest BCUT2D eigenvalue weighted by atomic mass is 10.2. The van der Waals surface area contributed by atoms with E-state index in [1.165, 1.54) is 22.5 Å². The molecule has 2 aromatic rings. The summed E-state index contributed by atoms with van der Waals surface area (Å²) in [5, 5.41) is 2.86. The van der Waals surface area contributed by atoms with Gasteiger partial charge in [0.05, 0.1) is 28.8 Å². The van der Waals surface area contributed by atoms with Crippen LogP contribution in [0, 0.1) is 0 Å². The van der Waals surface area contributed by atoms with Gasteiger partial charge in [-0.25, -0.2) is 8.42 Å². The average molecular weight is 439 g/mol. The van der Waals surface area contributed by atoms with E-state index in [4.69, 9.17) is 21.1 Å². The van der Waals surface area contributed by atoms with Gasteiger partial charge in [0, 0.05) is 13.1 Å². The summed E-state index contributed by atoms with van der Waals surface area (Å²) < 4.78 is 37.7. The molecule has 0 unspecified atom stereocenters. The maximum Gasteiger partial charge on any atom is 0.262 e. The zero-order valence-corrected chi connectivity index (χ0v) is 17.6. The molecule has 0 radical (unpaired) electrons. The van der Waals surface area contributed by atoms with Crippen LogP contribution in [0.3, 0.4) is 0 Å². The van der Waals surface area contributed by atoms with Crippen molar-refractivity contribution in [3.63, 3.8) is 0 Å². The molecule has 1 fully saturated rings. The Morgan fingerprint density at radius 3 is 2.69 bits per heavy atom. The number of rotatable bonds is 7. The summed E-state index contributed by atoms with van der Waals surface area (Å²) in [5.41, 5.74) is 1.32. The summed E-state index contributed by atoms with van der Waals surface area (Å²) in [6.07, 6.45) is 0.864. The Morgan fingerprint density at radius 2 is 1.97 bits per heavy atom. The molecule has 7 nitrogen and oxygen atoms in total. The molecule has 9 heteroatoms. The standard InChI is InChI=1S/C20H23ClN2O5S/c1-2-15-4-3-5-16(12-15)28-14-20(24)22-19-13-17(6-7-18(19)21)29(25,26)23-8-10-27-11-9-23/h3-7,12-13H,2,8-11,14H2,1H3,(H,22,24). The number of aryl methyl sites for hydroxylation is 1. The van der Waals surface area contributed by atoms with E-state index in [9.17, 15) is 13.2 Å². The Morgan fingerprint density at radius 1 is 1.21 bits per heavy atom. The summed E-state index contributed by atoms with van der Waals surface area (Å²) in [7, 11) is -3.69. The van der Waals surface area contributed by atoms with Crippen molar-refractivity contribution in [2.75, 3.05) is 38.2 Å². The van der Waals surface area contributed by atoms with Crippen LogP contribution in [0.4, 0.5) is 5.69 Å². The van der Waals surface area contributed by atoms with Crippen molar-refractivity contribution in [3.05, 3.63) is 53.1 Å². The zero-order valence-electron chi connectivity index (χ0n) is 16.1. The number of morpholine rings is 1. The zero-order chi connectivity index (χ0) is 20.9. The van der Waals surface area contributed by atoms with Crippen LogP contribution >= 0.6 is 11.6 Å². The Labute approximate surface area is 175 Å². The first-order valence-corrected chi connectivity index (χ1v) is 11.1. The van der Waals surface area contributed by atoms with Crippen molar-refractivity contribution in [1.82, 2.24) is 4.31 Å². The maximum absolute atomic E-state index is 12.8. The highest BCUT2D eigenvalue weighted by atomic mass is 35.5. The number of ether oxygens (including phenoxy) is 2. The molecule has 0 spiro atoms. The SMILES string of the molecule is CCc1cccc(OCC(=O)Nc2cc(S(=O)(=O)N3CCOCC3)ccc2Cl)c1. The number of amides is 1. The minimum Gasteiger partial charge on any atom is -0.484 e. The number of carbonyl (C=O) groups is 1. The maximum atomic E-state index is 12.8. The van der Waals surface area contributed by atoms with Crippen molar-refractivity contribution in [2.45, 2.75) is 18.2 Å². The molecule has 1 saturated heterocycles. The predicted molar refractivity (Wildman–Crippen MR) is 111 cm³/mol. The first-order chi connectivity index (χ1) is 13.9. The Kier molecular flexibility index (Phi) is 7.13. The molecule has 156 valence electrons. The number of benzene rings is 2. The van der Waals surface area contributed by atoms with Gasteiger partial charge in [0.2, 0.25) is 10.0 Å². The van der Waals surface area contributed by atoms with Crippen molar-refractivity contribution in [1.29, 1.82) is 0 Å². The van der Waals surface area contributed by atoms with Crippen molar-refractivity contribution in [2.24, 2.45) is 0 Å². The second-order valence-electron chi connectivity index (χ2n) is 6.50. The highest BCUT2D eigenvalue weighted by molar-refractivity contribution is 7.89. The first kappa shape index (κ1) is 21.6. The van der Waals surface area contributed by atoms with Crippen LogP contribution in [0.5, 0.6) is 5.75 Å². The van der Waals surface area contributed by atoms with E-state index in [2.05, 4.69) is 5.32 Å². The molecular weight excluding hydrogens is 416 g/mol. The molecule has 29 heavy (non-hydrogen) atoms. The minimum atomic E-state index is -3.69. The van der Waals surface area contributed by atoms with Gasteiger partial charge in [-0.3, -0.25) is 4.79 Å². The molecule has 1 heterocycles. The number of hydrogen-bond donors (Lipinski definition) is 1. The fraction of sp³-hybridized carbons (Fsp3) is 0.350. The smallest absolute Gasteiger partial charge is 0.262 e. The second kappa shape index (κ2) is 9.58. The molecule has 0 aromatic heterocycles. The first-order valence-electron chi connectivity index (χ1n) is 9.29. The van der Waals surface area contributed by atoms with E-state index < -0.39 is 15.9 Å². The largest absolute Gasteiger partial charge is 0.484 e. The van der Waals surface area contributed by atoms with Gasteiger partial charge in [-0.05, 0) is 42.3 Å². The molecule has 1 amide bonds. The van der Waals surface area contributed by atoms with Crippen molar-refractivity contribution >= 4 is 33.2 Å². The minimum absolute atomic E-state index is 0.0654. The molecular formula is C20H23ClN2O5S. The molecule has 1 aliphatic rings. The van der Waals surface area contributed by atoms with Gasteiger partial charge in [-0.15, -0.1) is 0 Å². The van der Waals surface area contributed by atoms with Crippen LogP contribution in [-0.2, 0) is 26.0 Å². The summed E-state index contributed by atoms with van der Waals surface area (Å²) in [4.78, 5) is 12.3. The Hall–Kier alpha value is -2.13. The molecule has 0 bridgehead atoms. The quantitative estimate of drug-likeness (QED) is 0.718. The monoisotopic (exact) mass is 438 g/mol. The van der Waals surface area contributed by atoms with Gasteiger partial charge < -0.3 is 14.8 Å². The van der Waals surface area contributed by atoms with Crippen LogP contribution in [0.15, 0.2) is 47.4 Å². The van der Waals surface area contributed by atoms with E-state index in [0.29, 0.717) is 19.0 Å². The number of nitrogens with zero attached hydrogens (tertiary/aromatic N) is 1. The fourth-order valence-corrected chi connectivity index (χ4v) is 4.49. The Balaban J connectivity index is 1.68. The van der Waals surface area contributed by atoms with Crippen LogP contribution in [-0.4, -0.2) is 51.5 Å². The Bertz CT molecular complexity index is 975. The van der Waals surface area contributed by atoms with E-state index in [1.807, 2.05) is 25.1 Å². The molecule has 3 rings (SSSR count). The summed E-state index contributed by atoms with van der Waals surface area (Å²) in [6, 6.07) is 11.7. The number of halogens is 1. The van der Waals surface area contributed by atoms with Crippen LogP contribution < -0.4 is 10.1 Å². The van der Waals surface area contributed by atoms with E-state index in [0.717, 1.165) is 12.0 Å². The number of nitrogens with one attached hydrogen (secondary N) is 1. The van der Waals surface area contributed by atoms with Gasteiger partial charge >= 0.3 is 0 Å². The van der Waals surface area contributed by atoms with Gasteiger partial charge in [0.1, 0.15) is 5.75 Å². The van der Waals surface area contributed by atoms with Crippen molar-refractivity contribution in [3.8, 4) is 5.75 Å². The third-order valence-corrected chi connectivity index (χ3v) is 6.72. The molecule has 2 aromatic carbocycles. The normalized spacial score (nSPS) is 15.1. The van der Waals surface area contributed by atoms with Crippen LogP contribution in [0.25, 0.3) is 0 Å². The van der Waals surface area contributed by atoms with E-state index >= 15 is 0 Å². The molecule has 0 atom stereocenters. The highest BCUT2D eigenvalue weighted by Crippen LogP contribution is 2.27. The molecule has 0 aliphatic carbocycles. The molecule has 0 saturated carbocycles. The summed E-state index contributed by atoms with van der Waals surface area (Å²) in [6.45, 7) is 3.10. The number of anilines is 1. The lowest BCUT2D eigenvalue weighted by Crippen LogP contribution is -2.40. The average Bonchev–Trinajstić information content (AvgIpc) is 2.74. The third-order valence-electron chi connectivity index (χ3n) is 4.50. The van der Waals surface area contributed by atoms with Crippen LogP contribution in [0.2, 0.25) is 5.02 Å². The van der Waals surface area contributed by atoms with E-state index in [-0.39, 0.29) is 35.3 Å². The van der Waals surface area contributed by atoms with Gasteiger partial charge in [-0.1, -0.05) is 30.7 Å². The van der Waals surface area contributed by atoms with E-state index in [1.54, 1.807) is 6.07 Å². The molecule has 1 N–H and O–H groups in total. The number of sulfonamides is 1. The summed E-state index contributed by atoms with van der Waals surface area (Å²) >= 11 is 6.15. The predicted octanol–water partition coefficient (Wildman–Crippen LogP) is 2.94. The fourth-order valence-electron chi connectivity index (χ4n) is 2.89. The highest BCUT2D eigenvalue weighted by Gasteiger charge is 2.27. The number of hydrogen-bond acceptors (Lipinski definition) is 5. The van der Waals surface area contributed by atoms with Gasteiger partial charge in [0.15, 0.2) is 6.61 Å². The molecule has 1 aliphatic heterocycles. The van der Waals surface area contributed by atoms with Crippen LogP contribution in [0.1, 0.15) is 12.5 Å². The lowest BCUT2D eigenvalue weighted by Gasteiger charge is -2.26. The lowest BCUT2D eigenvalue weighted by molar-refractivity contribution is -0.118. The third kappa shape index (κ3) is 5.48.